The van der Waals surface area contributed by atoms with Crippen molar-refractivity contribution in [3.63, 3.8) is 0 Å². The van der Waals surface area contributed by atoms with Crippen LogP contribution < -0.4 is 30.7 Å². The average Bonchev–Trinajstić information content (AvgIpc) is 3.90. The van der Waals surface area contributed by atoms with Crippen molar-refractivity contribution < 1.29 is 19.1 Å². The number of aryl methyl sites for hydroxylation is 1. The fourth-order valence-electron chi connectivity index (χ4n) is 13.4. The summed E-state index contributed by atoms with van der Waals surface area (Å²) < 4.78 is 18.1. The maximum absolute atomic E-state index is 15.7. The van der Waals surface area contributed by atoms with Gasteiger partial charge < -0.3 is 30.1 Å². The van der Waals surface area contributed by atoms with Gasteiger partial charge in [-0.2, -0.15) is 0 Å². The minimum absolute atomic E-state index is 0.138. The number of phenols is 1. The molecule has 1 saturated carbocycles. The number of halogens is 1. The number of aromatic hydroxyl groups is 1. The predicted molar refractivity (Wildman–Crippen MR) is 263 cm³/mol. The van der Waals surface area contributed by atoms with Crippen molar-refractivity contribution in [2.24, 2.45) is 5.92 Å². The van der Waals surface area contributed by atoms with E-state index in [2.05, 4.69) is 69.8 Å². The second-order valence-corrected chi connectivity index (χ2v) is 20.8. The first-order chi connectivity index (χ1) is 33.1. The number of fused-ring (bicyclic) bond motifs is 5. The fraction of sp³-hybridized carbons (Fsp3) is 0.519. The normalized spacial score (nSPS) is 27.1. The number of nitrogen functional groups attached to an aromatic ring is 1. The van der Waals surface area contributed by atoms with Gasteiger partial charge in [0.25, 0.3) is 0 Å². The number of hydrogen-bond donors (Lipinski definition) is 3. The predicted octanol–water partition coefficient (Wildman–Crippen LogP) is 7.08. The first-order valence-electron chi connectivity index (χ1n) is 25.2. The molecular weight excluding hydrogens is 860 g/mol. The Kier molecular flexibility index (Phi) is 11.1. The van der Waals surface area contributed by atoms with E-state index < -0.39 is 0 Å². The molecule has 15 nitrogen and oxygen atoms in total. The summed E-state index contributed by atoms with van der Waals surface area (Å²) in [5.41, 5.74) is 13.2. The van der Waals surface area contributed by atoms with Crippen molar-refractivity contribution in [1.82, 2.24) is 34.9 Å². The molecular formula is C52H63FN12O3. The standard InChI is InChI=1S/C52H63FN12O3/c1-32-26-64(51-43(32)22-41(25-55-51)62-21-18-49(67)56-52(62)68)35-8-6-34(7-9-35)60-28-37-10-11-38(29-60)63(37)27-33-16-19-59(20-17-33)46-23-36(14-15-44(46)53)65-39-12-13-40(65)31-61(30-39)47-24-45(57-58-50(47)54)42-4-2-3-5-48(42)66/h2-5,14-15,22-26,33-35,37-40,66H,6-13,16-21,27-31H2,1H3,(H2,54,58)(H,56,67,68). The number of amides is 3. The van der Waals surface area contributed by atoms with Crippen molar-refractivity contribution in [3.8, 4) is 17.0 Å². The number of piperidine rings is 1. The number of para-hydroxylation sites is 1. The lowest BCUT2D eigenvalue weighted by molar-refractivity contribution is -0.120. The number of nitrogens with two attached hydrogens (primary N) is 1. The second kappa shape index (κ2) is 17.5. The van der Waals surface area contributed by atoms with Crippen LogP contribution >= 0.6 is 0 Å². The van der Waals surface area contributed by atoms with Crippen LogP contribution in [0, 0.1) is 18.7 Å². The molecule has 12 rings (SSSR count). The lowest BCUT2D eigenvalue weighted by atomic mass is 9.89. The molecule has 6 saturated heterocycles. The Morgan fingerprint density at radius 2 is 1.46 bits per heavy atom. The van der Waals surface area contributed by atoms with Crippen LogP contribution in [0.2, 0.25) is 0 Å². The molecule has 7 aliphatic rings. The highest BCUT2D eigenvalue weighted by molar-refractivity contribution is 6.06. The topological polar surface area (TPSA) is 155 Å². The molecule has 3 aromatic heterocycles. The van der Waals surface area contributed by atoms with E-state index in [4.69, 9.17) is 10.7 Å². The first-order valence-corrected chi connectivity index (χ1v) is 25.2. The van der Waals surface area contributed by atoms with Crippen LogP contribution in [-0.4, -0.2) is 129 Å². The number of imide groups is 1. The number of hydrogen-bond acceptors (Lipinski definition) is 12. The van der Waals surface area contributed by atoms with Crippen LogP contribution in [0.4, 0.5) is 37.8 Å². The Balaban J connectivity index is 0.638. The fourth-order valence-corrected chi connectivity index (χ4v) is 13.4. The zero-order valence-corrected chi connectivity index (χ0v) is 39.0. The average molecular weight is 923 g/mol. The van der Waals surface area contributed by atoms with Gasteiger partial charge in [0, 0.05) is 118 Å². The second-order valence-electron chi connectivity index (χ2n) is 20.8. The summed E-state index contributed by atoms with van der Waals surface area (Å²) in [4.78, 5) is 43.6. The Hall–Kier alpha value is -6.00. The Morgan fingerprint density at radius 3 is 2.19 bits per heavy atom. The molecule has 356 valence electrons. The molecule has 4 bridgehead atoms. The SMILES string of the molecule is Cc1cn(C2CCC(N3CC4CCC(C3)N4CC3CCN(c4cc(N5C6CCC5CN(c5cc(-c7ccccc7O)nnc5N)C6)ccc4F)CC3)CC2)c2ncc(N3CCC(=O)NC3=O)cc12. The third-order valence-corrected chi connectivity index (χ3v) is 16.9. The van der Waals surface area contributed by atoms with Gasteiger partial charge >= 0.3 is 6.03 Å². The molecule has 7 fully saturated rings. The van der Waals surface area contributed by atoms with Crippen LogP contribution in [0.3, 0.4) is 0 Å². The molecule has 6 aliphatic heterocycles. The Bertz CT molecular complexity index is 2700. The van der Waals surface area contributed by atoms with Crippen molar-refractivity contribution in [3.05, 3.63) is 78.4 Å². The minimum atomic E-state index is -0.381. The summed E-state index contributed by atoms with van der Waals surface area (Å²) in [6.45, 7) is 9.29. The number of nitrogens with zero attached hydrogens (tertiary/aromatic N) is 10. The molecule has 0 radical (unpaired) electrons. The summed E-state index contributed by atoms with van der Waals surface area (Å²) in [7, 11) is 0. The van der Waals surface area contributed by atoms with Gasteiger partial charge in [-0.25, -0.2) is 14.2 Å². The van der Waals surface area contributed by atoms with Crippen LogP contribution in [0.5, 0.6) is 5.75 Å². The largest absolute Gasteiger partial charge is 0.507 e. The number of urea groups is 1. The van der Waals surface area contributed by atoms with E-state index in [-0.39, 0.29) is 35.6 Å². The van der Waals surface area contributed by atoms with Gasteiger partial charge in [0.05, 0.1) is 29.0 Å². The van der Waals surface area contributed by atoms with Crippen molar-refractivity contribution >= 4 is 51.5 Å². The van der Waals surface area contributed by atoms with Crippen molar-refractivity contribution in [1.29, 1.82) is 0 Å². The number of carbonyl (C=O) groups is 2. The summed E-state index contributed by atoms with van der Waals surface area (Å²) in [6.07, 6.45) is 15.8. The van der Waals surface area contributed by atoms with E-state index in [1.807, 2.05) is 24.3 Å². The van der Waals surface area contributed by atoms with Gasteiger partial charge in [0.2, 0.25) is 5.91 Å². The molecule has 2 aromatic carbocycles. The lowest BCUT2D eigenvalue weighted by Gasteiger charge is -2.47. The number of phenolic OH excluding ortho intramolecular Hbond substituents is 1. The maximum atomic E-state index is 15.7. The Morgan fingerprint density at radius 1 is 0.750 bits per heavy atom. The molecule has 3 amide bonds. The molecule has 0 spiro atoms. The number of carbonyl (C=O) groups excluding carboxylic acids is 2. The van der Waals surface area contributed by atoms with Crippen molar-refractivity contribution in [2.45, 2.75) is 114 Å². The summed E-state index contributed by atoms with van der Waals surface area (Å²) in [5, 5.41) is 22.6. The smallest absolute Gasteiger partial charge is 0.328 e. The zero-order chi connectivity index (χ0) is 46.2. The molecule has 5 aromatic rings. The number of anilines is 5. The molecule has 1 aliphatic carbocycles. The van der Waals surface area contributed by atoms with Crippen LogP contribution in [0.1, 0.15) is 82.2 Å². The third kappa shape index (κ3) is 7.86. The highest BCUT2D eigenvalue weighted by atomic mass is 19.1. The van der Waals surface area contributed by atoms with Gasteiger partial charge in [-0.05, 0) is 125 Å². The molecule has 68 heavy (non-hydrogen) atoms. The number of aromatic nitrogens is 4. The number of benzene rings is 2. The monoisotopic (exact) mass is 923 g/mol. The lowest BCUT2D eigenvalue weighted by Crippen LogP contribution is -2.58. The van der Waals surface area contributed by atoms with Crippen molar-refractivity contribution in [2.75, 3.05) is 77.7 Å². The van der Waals surface area contributed by atoms with E-state index in [0.717, 1.165) is 124 Å². The Labute approximate surface area is 397 Å². The van der Waals surface area contributed by atoms with E-state index in [1.54, 1.807) is 29.3 Å². The summed E-state index contributed by atoms with van der Waals surface area (Å²) >= 11 is 0. The van der Waals surface area contributed by atoms with Gasteiger partial charge in [-0.15, -0.1) is 10.2 Å². The number of nitrogens with one attached hydrogen (secondary N) is 1. The van der Waals surface area contributed by atoms with E-state index in [9.17, 15) is 14.7 Å². The van der Waals surface area contributed by atoms with Gasteiger partial charge in [-0.1, -0.05) is 12.1 Å². The quantitative estimate of drug-likeness (QED) is 0.138. The highest BCUT2D eigenvalue weighted by Crippen LogP contribution is 2.43. The summed E-state index contributed by atoms with van der Waals surface area (Å²) in [5.74, 6) is 0.800. The molecule has 9 heterocycles. The molecule has 16 heteroatoms. The van der Waals surface area contributed by atoms with Gasteiger partial charge in [0.1, 0.15) is 17.2 Å². The first kappa shape index (κ1) is 43.3. The van der Waals surface area contributed by atoms with Crippen LogP contribution in [0.25, 0.3) is 22.3 Å². The van der Waals surface area contributed by atoms with Crippen LogP contribution in [0.15, 0.2) is 67.0 Å². The number of rotatable bonds is 9. The number of pyridine rings is 1. The van der Waals surface area contributed by atoms with Gasteiger partial charge in [0.15, 0.2) is 5.82 Å². The molecule has 4 N–H and O–H groups in total. The van der Waals surface area contributed by atoms with E-state index in [0.29, 0.717) is 60.1 Å². The summed E-state index contributed by atoms with van der Waals surface area (Å²) in [6, 6.07) is 19.3. The molecule has 4 unspecified atom stereocenters. The molecule has 4 atom stereocenters. The minimum Gasteiger partial charge on any atom is -0.507 e. The van der Waals surface area contributed by atoms with Crippen LogP contribution in [-0.2, 0) is 4.79 Å². The van der Waals surface area contributed by atoms with E-state index in [1.165, 1.54) is 25.7 Å². The van der Waals surface area contributed by atoms with Gasteiger partial charge in [-0.3, -0.25) is 24.8 Å². The zero-order valence-electron chi connectivity index (χ0n) is 39.0. The maximum Gasteiger partial charge on any atom is 0.328 e. The number of piperazine rings is 2. The number of likely N-dealkylation sites (tertiary alicyclic amines) is 1. The van der Waals surface area contributed by atoms with E-state index >= 15 is 4.39 Å². The third-order valence-electron chi connectivity index (χ3n) is 16.9. The highest BCUT2D eigenvalue weighted by Gasteiger charge is 2.44.